The fraction of sp³-hybridized carbons (Fsp3) is 0.300. The van der Waals surface area contributed by atoms with E-state index in [1.54, 1.807) is 12.4 Å². The number of nitrogens with one attached hydrogen (secondary N) is 1. The Balaban J connectivity index is 1.83. The molecule has 0 saturated carbocycles. The molecule has 5 nitrogen and oxygen atoms in total. The number of aromatic nitrogens is 3. The zero-order valence-electron chi connectivity index (χ0n) is 8.47. The average molecular weight is 204 g/mol. The Morgan fingerprint density at radius 1 is 1.27 bits per heavy atom. The van der Waals surface area contributed by atoms with Crippen molar-refractivity contribution in [2.75, 3.05) is 0 Å². The summed E-state index contributed by atoms with van der Waals surface area (Å²) in [5.41, 5.74) is 0.974. The van der Waals surface area contributed by atoms with Gasteiger partial charge in [0, 0.05) is 18.8 Å². The summed E-state index contributed by atoms with van der Waals surface area (Å²) in [4.78, 5) is 8.30. The van der Waals surface area contributed by atoms with E-state index < -0.39 is 0 Å². The number of rotatable bonds is 4. The molecule has 0 aliphatic heterocycles. The molecule has 0 spiro atoms. The molecule has 0 amide bonds. The first-order valence-corrected chi connectivity index (χ1v) is 4.73. The summed E-state index contributed by atoms with van der Waals surface area (Å²) >= 11 is 0. The zero-order valence-corrected chi connectivity index (χ0v) is 8.47. The maximum atomic E-state index is 4.95. The molecule has 2 aromatic heterocycles. The number of nitrogens with zero attached hydrogens (tertiary/aromatic N) is 3. The summed E-state index contributed by atoms with van der Waals surface area (Å²) in [6.07, 6.45) is 3.39. The van der Waals surface area contributed by atoms with Crippen molar-refractivity contribution in [2.24, 2.45) is 0 Å². The van der Waals surface area contributed by atoms with Crippen LogP contribution >= 0.6 is 0 Å². The molecule has 0 unspecified atom stereocenters. The van der Waals surface area contributed by atoms with Gasteiger partial charge in [-0.2, -0.15) is 0 Å². The summed E-state index contributed by atoms with van der Waals surface area (Å²) < 4.78 is 4.95. The van der Waals surface area contributed by atoms with Crippen LogP contribution in [-0.4, -0.2) is 15.1 Å². The predicted octanol–water partition coefficient (Wildman–Crippen LogP) is 1.06. The van der Waals surface area contributed by atoms with E-state index in [-0.39, 0.29) is 0 Å². The second-order valence-electron chi connectivity index (χ2n) is 3.18. The van der Waals surface area contributed by atoms with Crippen LogP contribution in [-0.2, 0) is 13.1 Å². The molecule has 2 heterocycles. The number of hydrogen-bond donors (Lipinski definition) is 1. The zero-order chi connectivity index (χ0) is 10.5. The fourth-order valence-corrected chi connectivity index (χ4v) is 1.25. The van der Waals surface area contributed by atoms with Crippen LogP contribution in [0.25, 0.3) is 0 Å². The third-order valence-corrected chi connectivity index (χ3v) is 1.93. The Morgan fingerprint density at radius 3 is 2.93 bits per heavy atom. The van der Waals surface area contributed by atoms with Crippen LogP contribution < -0.4 is 5.32 Å². The Morgan fingerprint density at radius 2 is 2.20 bits per heavy atom. The third kappa shape index (κ3) is 2.85. The minimum atomic E-state index is 0.656. The standard InChI is InChI=1S/C10H12N4O/c1-8-12-4-2-9(14-8)6-11-7-10-3-5-13-15-10/h2-5,11H,6-7H2,1H3. The molecule has 0 bridgehead atoms. The van der Waals surface area contributed by atoms with Crippen molar-refractivity contribution in [1.29, 1.82) is 0 Å². The predicted molar refractivity (Wildman–Crippen MR) is 53.8 cm³/mol. The van der Waals surface area contributed by atoms with Gasteiger partial charge in [-0.3, -0.25) is 0 Å². The summed E-state index contributed by atoms with van der Waals surface area (Å²) in [6.45, 7) is 3.23. The number of aryl methyl sites for hydroxylation is 1. The number of hydrogen-bond acceptors (Lipinski definition) is 5. The Labute approximate surface area is 87.5 Å². The minimum absolute atomic E-state index is 0.656. The lowest BCUT2D eigenvalue weighted by Gasteiger charge is -2.01. The van der Waals surface area contributed by atoms with Gasteiger partial charge >= 0.3 is 0 Å². The van der Waals surface area contributed by atoms with Gasteiger partial charge in [0.15, 0.2) is 0 Å². The maximum absolute atomic E-state index is 4.95. The van der Waals surface area contributed by atoms with Gasteiger partial charge < -0.3 is 9.84 Å². The van der Waals surface area contributed by atoms with Crippen LogP contribution in [0.15, 0.2) is 29.0 Å². The average Bonchev–Trinajstić information content (AvgIpc) is 2.71. The van der Waals surface area contributed by atoms with Crippen LogP contribution in [0.3, 0.4) is 0 Å². The molecule has 2 aromatic rings. The van der Waals surface area contributed by atoms with Gasteiger partial charge in [-0.25, -0.2) is 9.97 Å². The minimum Gasteiger partial charge on any atom is -0.360 e. The second kappa shape index (κ2) is 4.65. The van der Waals surface area contributed by atoms with Gasteiger partial charge in [0.05, 0.1) is 18.4 Å². The summed E-state index contributed by atoms with van der Waals surface area (Å²) in [5.74, 6) is 1.61. The Kier molecular flexibility index (Phi) is 3.04. The van der Waals surface area contributed by atoms with Crippen LogP contribution in [0.1, 0.15) is 17.3 Å². The summed E-state index contributed by atoms with van der Waals surface area (Å²) in [7, 11) is 0. The Hall–Kier alpha value is -1.75. The first kappa shape index (κ1) is 9.79. The van der Waals surface area contributed by atoms with Crippen molar-refractivity contribution in [3.63, 3.8) is 0 Å². The van der Waals surface area contributed by atoms with Crippen molar-refractivity contribution < 1.29 is 4.52 Å². The van der Waals surface area contributed by atoms with E-state index in [0.29, 0.717) is 13.1 Å². The molecule has 5 heteroatoms. The molecule has 0 atom stereocenters. The van der Waals surface area contributed by atoms with E-state index in [2.05, 4.69) is 20.4 Å². The van der Waals surface area contributed by atoms with Crippen molar-refractivity contribution >= 4 is 0 Å². The highest BCUT2D eigenvalue weighted by atomic mass is 16.5. The van der Waals surface area contributed by atoms with Crippen molar-refractivity contribution in [1.82, 2.24) is 20.4 Å². The largest absolute Gasteiger partial charge is 0.360 e. The van der Waals surface area contributed by atoms with E-state index >= 15 is 0 Å². The summed E-state index contributed by atoms with van der Waals surface area (Å²) in [6, 6.07) is 3.72. The first-order chi connectivity index (χ1) is 7.34. The van der Waals surface area contributed by atoms with E-state index in [4.69, 9.17) is 4.52 Å². The highest BCUT2D eigenvalue weighted by molar-refractivity contribution is 5.01. The van der Waals surface area contributed by atoms with Gasteiger partial charge in [-0.1, -0.05) is 5.16 Å². The molecule has 0 aliphatic carbocycles. The molecule has 0 fully saturated rings. The van der Waals surface area contributed by atoms with Crippen LogP contribution in [0.2, 0.25) is 0 Å². The van der Waals surface area contributed by atoms with E-state index in [9.17, 15) is 0 Å². The van der Waals surface area contributed by atoms with Crippen molar-refractivity contribution in [3.8, 4) is 0 Å². The molecule has 1 N–H and O–H groups in total. The molecule has 0 aromatic carbocycles. The molecule has 2 rings (SSSR count). The molecule has 15 heavy (non-hydrogen) atoms. The molecule has 0 aliphatic rings. The highest BCUT2D eigenvalue weighted by Gasteiger charge is 1.98. The maximum Gasteiger partial charge on any atom is 0.150 e. The van der Waals surface area contributed by atoms with E-state index in [0.717, 1.165) is 17.3 Å². The monoisotopic (exact) mass is 204 g/mol. The van der Waals surface area contributed by atoms with Gasteiger partial charge in [-0.15, -0.1) is 0 Å². The molecule has 0 radical (unpaired) electrons. The van der Waals surface area contributed by atoms with Crippen molar-refractivity contribution in [3.05, 3.63) is 41.8 Å². The van der Waals surface area contributed by atoms with Crippen LogP contribution in [0, 0.1) is 6.92 Å². The molecular weight excluding hydrogens is 192 g/mol. The SMILES string of the molecule is Cc1nccc(CNCc2ccno2)n1. The lowest BCUT2D eigenvalue weighted by Crippen LogP contribution is -2.13. The molecule has 78 valence electrons. The quantitative estimate of drug-likeness (QED) is 0.806. The normalized spacial score (nSPS) is 10.5. The Bertz CT molecular complexity index is 413. The highest BCUT2D eigenvalue weighted by Crippen LogP contribution is 1.97. The summed E-state index contributed by atoms with van der Waals surface area (Å²) in [5, 5.41) is 6.83. The lowest BCUT2D eigenvalue weighted by atomic mass is 10.4. The molecular formula is C10H12N4O. The van der Waals surface area contributed by atoms with Gasteiger partial charge in [0.25, 0.3) is 0 Å². The van der Waals surface area contributed by atoms with Gasteiger partial charge in [0.2, 0.25) is 0 Å². The van der Waals surface area contributed by atoms with Crippen LogP contribution in [0.5, 0.6) is 0 Å². The first-order valence-electron chi connectivity index (χ1n) is 4.73. The second-order valence-corrected chi connectivity index (χ2v) is 3.18. The van der Waals surface area contributed by atoms with E-state index in [1.165, 1.54) is 0 Å². The van der Waals surface area contributed by atoms with Gasteiger partial charge in [0.1, 0.15) is 11.6 Å². The van der Waals surface area contributed by atoms with Crippen LogP contribution in [0.4, 0.5) is 0 Å². The van der Waals surface area contributed by atoms with E-state index in [1.807, 2.05) is 19.1 Å². The fourth-order valence-electron chi connectivity index (χ4n) is 1.25. The molecule has 0 saturated heterocycles. The smallest absolute Gasteiger partial charge is 0.150 e. The van der Waals surface area contributed by atoms with Gasteiger partial charge in [-0.05, 0) is 13.0 Å². The third-order valence-electron chi connectivity index (χ3n) is 1.93. The van der Waals surface area contributed by atoms with Crippen molar-refractivity contribution in [2.45, 2.75) is 20.0 Å². The lowest BCUT2D eigenvalue weighted by molar-refractivity contribution is 0.372. The topological polar surface area (TPSA) is 63.8 Å².